The van der Waals surface area contributed by atoms with Gasteiger partial charge in [0.2, 0.25) is 5.95 Å². The average molecular weight is 453 g/mol. The van der Waals surface area contributed by atoms with E-state index in [1.807, 2.05) is 37.3 Å². The van der Waals surface area contributed by atoms with Gasteiger partial charge in [-0.05, 0) is 18.6 Å². The van der Waals surface area contributed by atoms with E-state index >= 15 is 0 Å². The van der Waals surface area contributed by atoms with Crippen LogP contribution in [0.3, 0.4) is 0 Å². The molecule has 2 N–H and O–H groups in total. The summed E-state index contributed by atoms with van der Waals surface area (Å²) in [7, 11) is 0. The minimum absolute atomic E-state index is 0.0747. The maximum absolute atomic E-state index is 12.7. The lowest BCUT2D eigenvalue weighted by Gasteiger charge is -2.28. The summed E-state index contributed by atoms with van der Waals surface area (Å²) in [4.78, 5) is 25.5. The monoisotopic (exact) mass is 452 g/mol. The maximum Gasteiger partial charge on any atom is 0.261 e. The van der Waals surface area contributed by atoms with Gasteiger partial charge in [0.1, 0.15) is 10.6 Å². The van der Waals surface area contributed by atoms with E-state index in [9.17, 15) is 4.79 Å². The fourth-order valence-electron chi connectivity index (χ4n) is 3.58. The van der Waals surface area contributed by atoms with Crippen molar-refractivity contribution in [2.45, 2.75) is 13.0 Å². The number of aryl methyl sites for hydroxylation is 1. The fourth-order valence-corrected chi connectivity index (χ4v) is 4.50. The SMILES string of the molecule is Cc1cccc(/C=N/Nc2nc(N3CCOCC3)c3cc(C(=O)NC4COC4)sc3n2)c1. The van der Waals surface area contributed by atoms with Crippen molar-refractivity contribution in [2.75, 3.05) is 49.8 Å². The van der Waals surface area contributed by atoms with E-state index in [4.69, 9.17) is 14.5 Å². The predicted molar refractivity (Wildman–Crippen MR) is 125 cm³/mol. The molecule has 4 heterocycles. The Morgan fingerprint density at radius 3 is 2.81 bits per heavy atom. The van der Waals surface area contributed by atoms with Crippen LogP contribution in [0.5, 0.6) is 0 Å². The Morgan fingerprint density at radius 1 is 1.22 bits per heavy atom. The van der Waals surface area contributed by atoms with Gasteiger partial charge in [0.25, 0.3) is 5.91 Å². The number of thiophene rings is 1. The van der Waals surface area contributed by atoms with Gasteiger partial charge >= 0.3 is 0 Å². The highest BCUT2D eigenvalue weighted by atomic mass is 32.1. The number of hydrogen-bond donors (Lipinski definition) is 2. The first-order valence-corrected chi connectivity index (χ1v) is 11.4. The molecule has 0 saturated carbocycles. The molecule has 2 saturated heterocycles. The van der Waals surface area contributed by atoms with Crippen molar-refractivity contribution in [3.63, 3.8) is 0 Å². The van der Waals surface area contributed by atoms with Crippen molar-refractivity contribution < 1.29 is 14.3 Å². The Labute approximate surface area is 189 Å². The number of hydrogen-bond acceptors (Lipinski definition) is 9. The van der Waals surface area contributed by atoms with Crippen LogP contribution in [0.2, 0.25) is 0 Å². The molecule has 0 aliphatic carbocycles. The Balaban J connectivity index is 1.43. The smallest absolute Gasteiger partial charge is 0.261 e. The van der Waals surface area contributed by atoms with Gasteiger partial charge in [-0.15, -0.1) is 11.3 Å². The molecule has 2 fully saturated rings. The van der Waals surface area contributed by atoms with Gasteiger partial charge < -0.3 is 19.7 Å². The van der Waals surface area contributed by atoms with Crippen LogP contribution in [-0.2, 0) is 9.47 Å². The van der Waals surface area contributed by atoms with Crippen molar-refractivity contribution in [1.29, 1.82) is 0 Å². The molecule has 2 aromatic heterocycles. The van der Waals surface area contributed by atoms with Crippen LogP contribution >= 0.6 is 11.3 Å². The summed E-state index contributed by atoms with van der Waals surface area (Å²) in [6, 6.07) is 10.0. The molecule has 0 bridgehead atoms. The van der Waals surface area contributed by atoms with Gasteiger partial charge in [0.15, 0.2) is 0 Å². The zero-order valence-corrected chi connectivity index (χ0v) is 18.5. The standard InChI is InChI=1S/C22H24N6O3S/c1-14-3-2-4-15(9-14)11-23-27-22-25-19(28-5-7-30-8-6-28)17-10-18(32-21(17)26-22)20(29)24-16-12-31-13-16/h2-4,9-11,16H,5-8,12-13H2,1H3,(H,24,29)(H,25,26,27)/b23-11+. The van der Waals surface area contributed by atoms with Gasteiger partial charge in [0.05, 0.1) is 48.9 Å². The highest BCUT2D eigenvalue weighted by molar-refractivity contribution is 7.20. The average Bonchev–Trinajstić information content (AvgIpc) is 3.21. The molecule has 2 aliphatic heterocycles. The highest BCUT2D eigenvalue weighted by Gasteiger charge is 2.24. The molecule has 1 aromatic carbocycles. The third kappa shape index (κ3) is 4.57. The number of anilines is 2. The summed E-state index contributed by atoms with van der Waals surface area (Å²) in [5, 5.41) is 8.17. The Hall–Kier alpha value is -3.08. The first-order valence-electron chi connectivity index (χ1n) is 10.5. The molecule has 32 heavy (non-hydrogen) atoms. The van der Waals surface area contributed by atoms with Crippen molar-refractivity contribution >= 4 is 45.4 Å². The lowest BCUT2D eigenvalue weighted by Crippen LogP contribution is -2.48. The number of nitrogens with zero attached hydrogens (tertiary/aromatic N) is 4. The molecule has 5 rings (SSSR count). The summed E-state index contributed by atoms with van der Waals surface area (Å²) in [6.45, 7) is 5.89. The molecule has 2 aliphatic rings. The fraction of sp³-hybridized carbons (Fsp3) is 0.364. The number of amides is 1. The second-order valence-electron chi connectivity index (χ2n) is 7.79. The van der Waals surface area contributed by atoms with E-state index < -0.39 is 0 Å². The number of nitrogens with one attached hydrogen (secondary N) is 2. The van der Waals surface area contributed by atoms with Gasteiger partial charge in [-0.2, -0.15) is 10.1 Å². The van der Waals surface area contributed by atoms with E-state index in [0.717, 1.165) is 34.7 Å². The van der Waals surface area contributed by atoms with E-state index in [1.54, 1.807) is 6.21 Å². The number of rotatable bonds is 6. The molecule has 3 aromatic rings. The van der Waals surface area contributed by atoms with E-state index in [0.29, 0.717) is 37.3 Å². The largest absolute Gasteiger partial charge is 0.378 e. The molecule has 0 atom stereocenters. The minimum atomic E-state index is -0.110. The third-order valence-electron chi connectivity index (χ3n) is 5.30. The number of ether oxygens (including phenoxy) is 2. The molecular formula is C22H24N6O3S. The Morgan fingerprint density at radius 2 is 2.06 bits per heavy atom. The van der Waals surface area contributed by atoms with Gasteiger partial charge in [0, 0.05) is 13.1 Å². The highest BCUT2D eigenvalue weighted by Crippen LogP contribution is 2.32. The van der Waals surface area contributed by atoms with Crippen LogP contribution in [-0.4, -0.2) is 67.6 Å². The summed E-state index contributed by atoms with van der Waals surface area (Å²) in [5.74, 6) is 1.07. The zero-order valence-electron chi connectivity index (χ0n) is 17.7. The number of aromatic nitrogens is 2. The van der Waals surface area contributed by atoms with E-state index in [1.165, 1.54) is 16.9 Å². The Kier molecular flexibility index (Phi) is 5.97. The second-order valence-corrected chi connectivity index (χ2v) is 8.82. The lowest BCUT2D eigenvalue weighted by molar-refractivity contribution is -0.00338. The number of fused-ring (bicyclic) bond motifs is 1. The topological polar surface area (TPSA) is 101 Å². The van der Waals surface area contributed by atoms with Crippen molar-refractivity contribution in [3.8, 4) is 0 Å². The van der Waals surface area contributed by atoms with Crippen LogP contribution in [0, 0.1) is 6.92 Å². The molecule has 0 spiro atoms. The van der Waals surface area contributed by atoms with Crippen LogP contribution in [0.25, 0.3) is 10.2 Å². The summed E-state index contributed by atoms with van der Waals surface area (Å²) >= 11 is 1.35. The van der Waals surface area contributed by atoms with Gasteiger partial charge in [-0.25, -0.2) is 10.4 Å². The predicted octanol–water partition coefficient (Wildman–Crippen LogP) is 2.41. The maximum atomic E-state index is 12.7. The number of carbonyl (C=O) groups excluding carboxylic acids is 1. The molecule has 9 nitrogen and oxygen atoms in total. The molecule has 10 heteroatoms. The molecule has 0 radical (unpaired) electrons. The first-order chi connectivity index (χ1) is 15.7. The normalized spacial score (nSPS) is 17.0. The van der Waals surface area contributed by atoms with E-state index in [2.05, 4.69) is 25.7 Å². The van der Waals surface area contributed by atoms with Crippen molar-refractivity contribution in [2.24, 2.45) is 5.10 Å². The number of morpholine rings is 1. The summed E-state index contributed by atoms with van der Waals surface area (Å²) in [6.07, 6.45) is 1.74. The van der Waals surface area contributed by atoms with Crippen molar-refractivity contribution in [3.05, 3.63) is 46.3 Å². The minimum Gasteiger partial charge on any atom is -0.378 e. The first kappa shape index (κ1) is 20.8. The number of hydrazone groups is 1. The second kappa shape index (κ2) is 9.19. The Bertz CT molecular complexity index is 1150. The lowest BCUT2D eigenvalue weighted by atomic mass is 10.2. The zero-order chi connectivity index (χ0) is 21.9. The van der Waals surface area contributed by atoms with Crippen LogP contribution in [0.4, 0.5) is 11.8 Å². The van der Waals surface area contributed by atoms with Crippen LogP contribution < -0.4 is 15.6 Å². The molecular weight excluding hydrogens is 428 g/mol. The van der Waals surface area contributed by atoms with Crippen molar-refractivity contribution in [1.82, 2.24) is 15.3 Å². The van der Waals surface area contributed by atoms with Crippen LogP contribution in [0.15, 0.2) is 35.4 Å². The molecule has 0 unspecified atom stereocenters. The quantitative estimate of drug-likeness (QED) is 0.438. The number of carbonyl (C=O) groups is 1. The van der Waals surface area contributed by atoms with Crippen LogP contribution in [0.1, 0.15) is 20.8 Å². The van der Waals surface area contributed by atoms with Gasteiger partial charge in [-0.1, -0.05) is 29.8 Å². The molecule has 166 valence electrons. The van der Waals surface area contributed by atoms with E-state index in [-0.39, 0.29) is 11.9 Å². The summed E-state index contributed by atoms with van der Waals surface area (Å²) < 4.78 is 10.6. The molecule has 1 amide bonds. The third-order valence-corrected chi connectivity index (χ3v) is 6.33. The summed E-state index contributed by atoms with van der Waals surface area (Å²) in [5.41, 5.74) is 5.11. The van der Waals surface area contributed by atoms with Gasteiger partial charge in [-0.3, -0.25) is 4.79 Å². The number of benzene rings is 1.